The zero-order valence-corrected chi connectivity index (χ0v) is 17.4. The second-order valence-corrected chi connectivity index (χ2v) is 7.84. The van der Waals surface area contributed by atoms with E-state index in [9.17, 15) is 9.59 Å². The maximum atomic E-state index is 12.5. The fraction of sp³-hybridized carbons (Fsp3) is 0.333. The van der Waals surface area contributed by atoms with Crippen molar-refractivity contribution in [2.45, 2.75) is 52.5 Å². The smallest absolute Gasteiger partial charge is 0.339 e. The topological polar surface area (TPSA) is 85.6 Å². The summed E-state index contributed by atoms with van der Waals surface area (Å²) in [4.78, 5) is 24.9. The van der Waals surface area contributed by atoms with Crippen LogP contribution in [-0.2, 0) is 17.6 Å². The van der Waals surface area contributed by atoms with E-state index in [1.165, 1.54) is 0 Å². The number of aryl methyl sites for hydroxylation is 3. The summed E-state index contributed by atoms with van der Waals surface area (Å²) in [7, 11) is 0. The highest BCUT2D eigenvalue weighted by molar-refractivity contribution is 5.96. The molecule has 0 fully saturated rings. The number of hydrogen-bond acceptors (Lipinski definition) is 5. The van der Waals surface area contributed by atoms with E-state index in [-0.39, 0.29) is 18.4 Å². The predicted molar refractivity (Wildman–Crippen MR) is 115 cm³/mol. The van der Waals surface area contributed by atoms with Crippen LogP contribution >= 0.6 is 0 Å². The Morgan fingerprint density at radius 2 is 1.93 bits per heavy atom. The molecule has 30 heavy (non-hydrogen) atoms. The number of benzene rings is 1. The van der Waals surface area contributed by atoms with Crippen molar-refractivity contribution in [1.82, 2.24) is 5.32 Å². The molecule has 0 radical (unpaired) electrons. The van der Waals surface area contributed by atoms with E-state index in [2.05, 4.69) is 5.32 Å². The molecule has 0 unspecified atom stereocenters. The van der Waals surface area contributed by atoms with Gasteiger partial charge in [0.1, 0.15) is 16.9 Å². The Labute approximate surface area is 173 Å². The summed E-state index contributed by atoms with van der Waals surface area (Å²) < 4.78 is 16.4. The van der Waals surface area contributed by atoms with Crippen molar-refractivity contribution in [3.8, 4) is 0 Å². The number of carbonyl (C=O) groups excluding carboxylic acids is 1. The summed E-state index contributed by atoms with van der Waals surface area (Å²) in [6, 6.07) is 7.55. The summed E-state index contributed by atoms with van der Waals surface area (Å²) in [5.41, 5.74) is 3.21. The van der Waals surface area contributed by atoms with Gasteiger partial charge in [0.15, 0.2) is 0 Å². The molecule has 156 valence electrons. The van der Waals surface area contributed by atoms with Gasteiger partial charge in [0.2, 0.25) is 5.91 Å². The van der Waals surface area contributed by atoms with Gasteiger partial charge in [0.25, 0.3) is 0 Å². The first-order valence-corrected chi connectivity index (χ1v) is 10.2. The second-order valence-electron chi connectivity index (χ2n) is 7.84. The quantitative estimate of drug-likeness (QED) is 0.444. The summed E-state index contributed by atoms with van der Waals surface area (Å²) in [6.45, 7) is 5.85. The number of furan rings is 2. The van der Waals surface area contributed by atoms with Crippen LogP contribution in [0.2, 0.25) is 0 Å². The monoisotopic (exact) mass is 407 g/mol. The Balaban J connectivity index is 1.45. The molecule has 3 aromatic heterocycles. The Hall–Kier alpha value is -3.28. The van der Waals surface area contributed by atoms with Crippen LogP contribution in [0.5, 0.6) is 0 Å². The van der Waals surface area contributed by atoms with Crippen molar-refractivity contribution >= 4 is 27.8 Å². The van der Waals surface area contributed by atoms with E-state index < -0.39 is 5.63 Å². The minimum absolute atomic E-state index is 0.0223. The molecule has 0 aliphatic rings. The Morgan fingerprint density at radius 1 is 1.10 bits per heavy atom. The molecule has 4 aromatic rings. The largest absolute Gasteiger partial charge is 0.469 e. The average molecular weight is 407 g/mol. The first kappa shape index (κ1) is 20.0. The Kier molecular flexibility index (Phi) is 5.48. The number of rotatable bonds is 7. The molecule has 6 nitrogen and oxygen atoms in total. The van der Waals surface area contributed by atoms with Crippen LogP contribution in [0.25, 0.3) is 21.9 Å². The van der Waals surface area contributed by atoms with E-state index in [0.717, 1.165) is 40.5 Å². The van der Waals surface area contributed by atoms with Gasteiger partial charge in [0, 0.05) is 41.3 Å². The molecule has 6 heteroatoms. The highest BCUT2D eigenvalue weighted by Gasteiger charge is 2.16. The number of fused-ring (bicyclic) bond motifs is 2. The van der Waals surface area contributed by atoms with Gasteiger partial charge in [-0.1, -0.05) is 0 Å². The molecule has 3 heterocycles. The van der Waals surface area contributed by atoms with E-state index in [1.807, 2.05) is 39.0 Å². The maximum Gasteiger partial charge on any atom is 0.339 e. The average Bonchev–Trinajstić information content (AvgIpc) is 3.35. The lowest BCUT2D eigenvalue weighted by molar-refractivity contribution is -0.121. The first-order valence-electron chi connectivity index (χ1n) is 10.2. The molecule has 0 aliphatic heterocycles. The minimum atomic E-state index is -0.402. The number of nitrogens with one attached hydrogen (secondary N) is 1. The summed E-state index contributed by atoms with van der Waals surface area (Å²) in [6.07, 6.45) is 5.46. The van der Waals surface area contributed by atoms with E-state index in [4.69, 9.17) is 13.3 Å². The molecule has 0 spiro atoms. The second kappa shape index (κ2) is 8.22. The lowest BCUT2D eigenvalue weighted by atomic mass is 10.0. The highest BCUT2D eigenvalue weighted by atomic mass is 16.4. The van der Waals surface area contributed by atoms with Crippen LogP contribution in [-0.4, -0.2) is 11.9 Å². The zero-order chi connectivity index (χ0) is 21.3. The number of carbonyl (C=O) groups is 1. The van der Waals surface area contributed by atoms with Crippen LogP contribution in [0.4, 0.5) is 0 Å². The van der Waals surface area contributed by atoms with Gasteiger partial charge in [-0.25, -0.2) is 4.79 Å². The summed E-state index contributed by atoms with van der Waals surface area (Å²) in [5, 5.41) is 4.85. The molecule has 1 aromatic carbocycles. The Bertz CT molecular complexity index is 1250. The molecule has 0 saturated heterocycles. The molecule has 1 N–H and O–H groups in total. The SMILES string of the molecule is Cc1coc2cc3oc(=O)c(CCC(=O)N[C@H](C)CCc4ccco4)c(C)c3cc12. The van der Waals surface area contributed by atoms with E-state index in [0.29, 0.717) is 23.2 Å². The first-order chi connectivity index (χ1) is 14.4. The van der Waals surface area contributed by atoms with Crippen molar-refractivity contribution in [2.75, 3.05) is 0 Å². The number of amides is 1. The van der Waals surface area contributed by atoms with Gasteiger partial charge in [0.05, 0.1) is 12.5 Å². The van der Waals surface area contributed by atoms with Gasteiger partial charge in [-0.2, -0.15) is 0 Å². The van der Waals surface area contributed by atoms with Gasteiger partial charge in [-0.15, -0.1) is 0 Å². The molecular formula is C24H25NO5. The fourth-order valence-corrected chi connectivity index (χ4v) is 3.80. The fourth-order valence-electron chi connectivity index (χ4n) is 3.80. The summed E-state index contributed by atoms with van der Waals surface area (Å²) in [5.74, 6) is 0.824. The van der Waals surface area contributed by atoms with E-state index >= 15 is 0 Å². The van der Waals surface area contributed by atoms with Gasteiger partial charge < -0.3 is 18.6 Å². The molecular weight excluding hydrogens is 382 g/mol. The molecule has 0 bridgehead atoms. The normalized spacial score (nSPS) is 12.5. The summed E-state index contributed by atoms with van der Waals surface area (Å²) >= 11 is 0. The standard InChI is InChI=1S/C24H25NO5/c1-14-13-29-21-12-22-20(11-19(14)21)16(3)18(24(27)30-22)8-9-23(26)25-15(2)6-7-17-5-4-10-28-17/h4-5,10-13,15H,6-9H2,1-3H3,(H,25,26)/t15-/m1/s1. The van der Waals surface area contributed by atoms with Gasteiger partial charge >= 0.3 is 5.63 Å². The third-order valence-electron chi connectivity index (χ3n) is 5.59. The highest BCUT2D eigenvalue weighted by Crippen LogP contribution is 2.29. The van der Waals surface area contributed by atoms with Crippen LogP contribution in [0.1, 0.15) is 42.2 Å². The molecule has 0 aliphatic carbocycles. The van der Waals surface area contributed by atoms with Gasteiger partial charge in [-0.05, 0) is 62.9 Å². The lowest BCUT2D eigenvalue weighted by Gasteiger charge is -2.13. The maximum absolute atomic E-state index is 12.5. The van der Waals surface area contributed by atoms with Crippen LogP contribution in [0.15, 0.2) is 54.8 Å². The molecule has 0 saturated carbocycles. The van der Waals surface area contributed by atoms with Crippen molar-refractivity contribution in [1.29, 1.82) is 0 Å². The molecule has 4 rings (SSSR count). The van der Waals surface area contributed by atoms with Crippen LogP contribution < -0.4 is 10.9 Å². The zero-order valence-electron chi connectivity index (χ0n) is 17.4. The van der Waals surface area contributed by atoms with Crippen LogP contribution in [0.3, 0.4) is 0 Å². The molecule has 1 atom stereocenters. The third kappa shape index (κ3) is 4.03. The lowest BCUT2D eigenvalue weighted by Crippen LogP contribution is -2.33. The van der Waals surface area contributed by atoms with Crippen molar-refractivity contribution < 1.29 is 18.0 Å². The van der Waals surface area contributed by atoms with Crippen molar-refractivity contribution in [3.63, 3.8) is 0 Å². The van der Waals surface area contributed by atoms with Crippen LogP contribution in [0, 0.1) is 13.8 Å². The molecule has 1 amide bonds. The van der Waals surface area contributed by atoms with E-state index in [1.54, 1.807) is 18.6 Å². The number of hydrogen-bond donors (Lipinski definition) is 1. The predicted octanol–water partition coefficient (Wildman–Crippen LogP) is 4.82. The van der Waals surface area contributed by atoms with Crippen molar-refractivity contribution in [3.05, 3.63) is 69.7 Å². The van der Waals surface area contributed by atoms with Gasteiger partial charge in [-0.3, -0.25) is 4.79 Å². The van der Waals surface area contributed by atoms with Crippen molar-refractivity contribution in [2.24, 2.45) is 0 Å². The third-order valence-corrected chi connectivity index (χ3v) is 5.59. The minimum Gasteiger partial charge on any atom is -0.469 e. The Morgan fingerprint density at radius 3 is 2.70 bits per heavy atom.